The Hall–Kier alpha value is -2.51. The normalized spacial score (nSPS) is 17.8. The van der Waals surface area contributed by atoms with Gasteiger partial charge in [-0.15, -0.1) is 0 Å². The molecule has 0 radical (unpaired) electrons. The van der Waals surface area contributed by atoms with E-state index >= 15 is 0 Å². The minimum atomic E-state index is -3.75. The lowest BCUT2D eigenvalue weighted by molar-refractivity contribution is -0.136. The molecule has 1 amide bonds. The van der Waals surface area contributed by atoms with Crippen LogP contribution in [0.25, 0.3) is 0 Å². The van der Waals surface area contributed by atoms with Crippen LogP contribution in [0.2, 0.25) is 0 Å². The van der Waals surface area contributed by atoms with Crippen molar-refractivity contribution in [2.75, 3.05) is 49.1 Å². The predicted octanol–water partition coefficient (Wildman–Crippen LogP) is 2.61. The molecule has 0 bridgehead atoms. The highest BCUT2D eigenvalue weighted by Gasteiger charge is 2.48. The zero-order chi connectivity index (χ0) is 30.6. The number of rotatable bonds is 12. The molecule has 2 aromatic rings. The molecule has 0 saturated carbocycles. The van der Waals surface area contributed by atoms with E-state index in [1.807, 2.05) is 75.4 Å². The van der Waals surface area contributed by atoms with E-state index in [1.54, 1.807) is 4.90 Å². The molecule has 2 aromatic carbocycles. The molecule has 2 aliphatic heterocycles. The Morgan fingerprint density at radius 2 is 1.64 bits per heavy atom. The van der Waals surface area contributed by atoms with E-state index in [4.69, 9.17) is 4.74 Å². The zero-order valence-corrected chi connectivity index (χ0v) is 26.6. The van der Waals surface area contributed by atoms with Crippen LogP contribution in [0.1, 0.15) is 51.2 Å². The minimum absolute atomic E-state index is 0.0977. The smallest absolute Gasteiger partial charge is 0.243 e. The molecule has 0 aliphatic carbocycles. The summed E-state index contributed by atoms with van der Waals surface area (Å²) in [4.78, 5) is 15.4. The summed E-state index contributed by atoms with van der Waals surface area (Å²) >= 11 is 0. The number of carbonyl (C=O) groups is 1. The number of sulfonamides is 2. The van der Waals surface area contributed by atoms with Crippen LogP contribution in [0.5, 0.6) is 0 Å². The molecule has 2 aliphatic rings. The second kappa shape index (κ2) is 13.0. The number of amides is 1. The number of carbonyl (C=O) groups excluding carboxylic acids is 1. The van der Waals surface area contributed by atoms with Gasteiger partial charge in [-0.3, -0.25) is 9.10 Å². The summed E-state index contributed by atoms with van der Waals surface area (Å²) < 4.78 is 61.1. The molecule has 2 N–H and O–H groups in total. The van der Waals surface area contributed by atoms with Crippen molar-refractivity contribution in [3.8, 4) is 0 Å². The van der Waals surface area contributed by atoms with Crippen molar-refractivity contribution < 1.29 is 26.4 Å². The van der Waals surface area contributed by atoms with Gasteiger partial charge in [0.25, 0.3) is 0 Å². The highest BCUT2D eigenvalue weighted by molar-refractivity contribution is 7.92. The third-order valence-electron chi connectivity index (χ3n) is 7.88. The van der Waals surface area contributed by atoms with Gasteiger partial charge in [-0.05, 0) is 63.8 Å². The molecule has 4 rings (SSSR count). The van der Waals surface area contributed by atoms with Crippen LogP contribution in [0.15, 0.2) is 54.6 Å². The highest BCUT2D eigenvalue weighted by atomic mass is 32.2. The van der Waals surface area contributed by atoms with Gasteiger partial charge in [0.1, 0.15) is 6.04 Å². The van der Waals surface area contributed by atoms with Gasteiger partial charge in [0.05, 0.1) is 30.9 Å². The fourth-order valence-corrected chi connectivity index (χ4v) is 7.95. The first-order chi connectivity index (χ1) is 19.7. The molecule has 0 aromatic heterocycles. The molecule has 1 saturated heterocycles. The number of piperidine rings is 1. The van der Waals surface area contributed by atoms with Crippen LogP contribution in [-0.4, -0.2) is 84.0 Å². The summed E-state index contributed by atoms with van der Waals surface area (Å²) in [7, 11) is -7.21. The Labute approximate surface area is 250 Å². The molecular formula is C30H44N4O6S2. The Kier molecular flexibility index (Phi) is 10.0. The number of hydrogen-bond donors (Lipinski definition) is 2. The molecule has 10 nitrogen and oxygen atoms in total. The number of anilines is 1. The SMILES string of the molecule is CC(C)(C)NCCCS(=O)(=O)N[C@H](COCc1ccccc1)C(=O)N1CCC2(CC1)CN(S(C)(=O)=O)c1ccccc12. The Morgan fingerprint density at radius 3 is 2.29 bits per heavy atom. The lowest BCUT2D eigenvalue weighted by Gasteiger charge is -2.40. The average molecular weight is 621 g/mol. The second-order valence-corrected chi connectivity index (χ2v) is 16.2. The fourth-order valence-electron chi connectivity index (χ4n) is 5.71. The molecule has 2 heterocycles. The van der Waals surface area contributed by atoms with Crippen LogP contribution in [0.4, 0.5) is 5.69 Å². The van der Waals surface area contributed by atoms with Crippen molar-refractivity contribution in [2.45, 2.75) is 63.6 Å². The Morgan fingerprint density at radius 1 is 1.00 bits per heavy atom. The van der Waals surface area contributed by atoms with Crippen molar-refractivity contribution in [1.82, 2.24) is 14.9 Å². The van der Waals surface area contributed by atoms with E-state index in [1.165, 1.54) is 10.6 Å². The van der Waals surface area contributed by atoms with Crippen LogP contribution >= 0.6 is 0 Å². The van der Waals surface area contributed by atoms with Gasteiger partial charge in [0.15, 0.2) is 0 Å². The van der Waals surface area contributed by atoms with Crippen LogP contribution in [0, 0.1) is 0 Å². The maximum atomic E-state index is 13.8. The monoisotopic (exact) mass is 620 g/mol. The number of benzene rings is 2. The lowest BCUT2D eigenvalue weighted by atomic mass is 9.74. The summed E-state index contributed by atoms with van der Waals surface area (Å²) in [5.74, 6) is -0.444. The molecular weight excluding hydrogens is 576 g/mol. The first-order valence-electron chi connectivity index (χ1n) is 14.4. The molecule has 0 unspecified atom stereocenters. The van der Waals surface area contributed by atoms with Gasteiger partial charge in [-0.2, -0.15) is 0 Å². The molecule has 42 heavy (non-hydrogen) atoms. The zero-order valence-electron chi connectivity index (χ0n) is 25.0. The number of nitrogens with zero attached hydrogens (tertiary/aromatic N) is 2. The lowest BCUT2D eigenvalue weighted by Crippen LogP contribution is -2.55. The number of hydrogen-bond acceptors (Lipinski definition) is 7. The van der Waals surface area contributed by atoms with E-state index in [9.17, 15) is 21.6 Å². The van der Waals surface area contributed by atoms with Gasteiger partial charge in [0.2, 0.25) is 26.0 Å². The maximum Gasteiger partial charge on any atom is 0.243 e. The maximum absolute atomic E-state index is 13.8. The van der Waals surface area contributed by atoms with Crippen molar-refractivity contribution >= 4 is 31.6 Å². The summed E-state index contributed by atoms with van der Waals surface area (Å²) in [6.45, 7) is 7.86. The standard InChI is InChI=1S/C30H44N4O6S2/c1-29(2,3)31-17-10-20-42(38,39)32-26(22-40-21-24-11-6-5-7-12-24)28(35)33-18-15-30(16-19-33)23-34(41(4,36)37)27-14-9-8-13-25(27)30/h5-9,11-14,26,31-32H,10,15-23H2,1-4H3/t26-/m1/s1. The van der Waals surface area contributed by atoms with Crippen LogP contribution in [-0.2, 0) is 41.6 Å². The van der Waals surface area contributed by atoms with Gasteiger partial charge in [-0.1, -0.05) is 48.5 Å². The van der Waals surface area contributed by atoms with Crippen molar-refractivity contribution in [2.24, 2.45) is 0 Å². The van der Waals surface area contributed by atoms with E-state index in [0.717, 1.165) is 11.1 Å². The quantitative estimate of drug-likeness (QED) is 0.350. The third kappa shape index (κ3) is 8.31. The predicted molar refractivity (Wildman–Crippen MR) is 165 cm³/mol. The van der Waals surface area contributed by atoms with E-state index in [-0.39, 0.29) is 30.4 Å². The Bertz CT molecular complexity index is 1430. The highest BCUT2D eigenvalue weighted by Crippen LogP contribution is 2.47. The Balaban J connectivity index is 1.44. The van der Waals surface area contributed by atoms with Gasteiger partial charge in [-0.25, -0.2) is 21.6 Å². The van der Waals surface area contributed by atoms with Gasteiger partial charge in [0, 0.05) is 30.6 Å². The number of ether oxygens (including phenoxy) is 1. The van der Waals surface area contributed by atoms with E-state index in [2.05, 4.69) is 10.0 Å². The van der Waals surface area contributed by atoms with Crippen LogP contribution in [0.3, 0.4) is 0 Å². The van der Waals surface area contributed by atoms with Crippen molar-refractivity contribution in [3.05, 3.63) is 65.7 Å². The molecule has 1 fully saturated rings. The number of nitrogens with one attached hydrogen (secondary N) is 2. The fraction of sp³-hybridized carbons (Fsp3) is 0.567. The summed E-state index contributed by atoms with van der Waals surface area (Å²) in [5.41, 5.74) is 2.09. The van der Waals surface area contributed by atoms with Crippen molar-refractivity contribution in [1.29, 1.82) is 0 Å². The van der Waals surface area contributed by atoms with Crippen LogP contribution < -0.4 is 14.3 Å². The number of para-hydroxylation sites is 1. The number of fused-ring (bicyclic) bond motifs is 2. The largest absolute Gasteiger partial charge is 0.375 e. The van der Waals surface area contributed by atoms with E-state index in [0.29, 0.717) is 51.1 Å². The molecule has 1 spiro atoms. The van der Waals surface area contributed by atoms with E-state index < -0.39 is 31.5 Å². The van der Waals surface area contributed by atoms with Crippen molar-refractivity contribution in [3.63, 3.8) is 0 Å². The minimum Gasteiger partial charge on any atom is -0.375 e. The first kappa shape index (κ1) is 32.4. The molecule has 1 atom stereocenters. The third-order valence-corrected chi connectivity index (χ3v) is 10.5. The van der Waals surface area contributed by atoms with Gasteiger partial charge >= 0.3 is 0 Å². The first-order valence-corrected chi connectivity index (χ1v) is 17.9. The molecule has 12 heteroatoms. The topological polar surface area (TPSA) is 125 Å². The number of likely N-dealkylation sites (tertiary alicyclic amines) is 1. The summed E-state index contributed by atoms with van der Waals surface area (Å²) in [5, 5.41) is 3.28. The average Bonchev–Trinajstić information content (AvgIpc) is 3.25. The summed E-state index contributed by atoms with van der Waals surface area (Å²) in [6.07, 6.45) is 2.77. The summed E-state index contributed by atoms with van der Waals surface area (Å²) in [6, 6.07) is 16.0. The molecule has 232 valence electrons. The van der Waals surface area contributed by atoms with Gasteiger partial charge < -0.3 is 15.0 Å². The second-order valence-electron chi connectivity index (χ2n) is 12.4.